The van der Waals surface area contributed by atoms with E-state index in [4.69, 9.17) is 4.74 Å². The number of carbonyl (C=O) groups excluding carboxylic acids is 1. The van der Waals surface area contributed by atoms with Gasteiger partial charge >= 0.3 is 0 Å². The lowest BCUT2D eigenvalue weighted by Crippen LogP contribution is -2.29. The maximum absolute atomic E-state index is 12.1. The molecule has 3 aromatic heterocycles. The standard InChI is InChI=1S/C23H25N7O2S2/c31-20(13-24-14-6-7-14)26-22-25-17-9-8-16(12-18(17)34-22)33-23-28-27-19-10-11-21(29-30(19)23)32-15-4-2-1-3-5-15/h8-12,14-15,24H,1-7,13H2,(H,25,26,31). The molecule has 0 radical (unpaired) electrons. The molecule has 0 bridgehead atoms. The summed E-state index contributed by atoms with van der Waals surface area (Å²) in [6.07, 6.45) is 8.41. The van der Waals surface area contributed by atoms with Crippen molar-refractivity contribution < 1.29 is 9.53 Å². The third-order valence-electron chi connectivity index (χ3n) is 5.99. The highest BCUT2D eigenvalue weighted by Crippen LogP contribution is 2.33. The highest BCUT2D eigenvalue weighted by Gasteiger charge is 2.21. The predicted molar refractivity (Wildman–Crippen MR) is 132 cm³/mol. The van der Waals surface area contributed by atoms with Gasteiger partial charge in [0, 0.05) is 17.0 Å². The van der Waals surface area contributed by atoms with Crippen molar-refractivity contribution in [1.29, 1.82) is 0 Å². The van der Waals surface area contributed by atoms with E-state index in [0.29, 0.717) is 34.4 Å². The van der Waals surface area contributed by atoms with E-state index in [0.717, 1.165) is 40.8 Å². The van der Waals surface area contributed by atoms with Crippen LogP contribution in [0.3, 0.4) is 0 Å². The second kappa shape index (κ2) is 9.47. The zero-order valence-electron chi connectivity index (χ0n) is 18.6. The highest BCUT2D eigenvalue weighted by atomic mass is 32.2. The molecule has 2 aliphatic carbocycles. The lowest BCUT2D eigenvalue weighted by Gasteiger charge is -2.22. The normalized spacial score (nSPS) is 16.8. The van der Waals surface area contributed by atoms with Crippen molar-refractivity contribution in [3.05, 3.63) is 30.3 Å². The second-order valence-corrected chi connectivity index (χ2v) is 10.8. The van der Waals surface area contributed by atoms with Crippen LogP contribution in [0.2, 0.25) is 0 Å². The van der Waals surface area contributed by atoms with Gasteiger partial charge in [-0.15, -0.1) is 15.3 Å². The molecule has 9 nitrogen and oxygen atoms in total. The molecule has 0 saturated heterocycles. The molecule has 176 valence electrons. The Morgan fingerprint density at radius 1 is 1.12 bits per heavy atom. The van der Waals surface area contributed by atoms with Crippen LogP contribution in [0.15, 0.2) is 40.4 Å². The van der Waals surface area contributed by atoms with Gasteiger partial charge < -0.3 is 15.4 Å². The maximum atomic E-state index is 12.1. The number of benzene rings is 1. The van der Waals surface area contributed by atoms with Crippen LogP contribution in [0, 0.1) is 0 Å². The zero-order chi connectivity index (χ0) is 22.9. The smallest absolute Gasteiger partial charge is 0.240 e. The molecule has 2 fully saturated rings. The summed E-state index contributed by atoms with van der Waals surface area (Å²) in [5, 5.41) is 20.6. The van der Waals surface area contributed by atoms with Crippen LogP contribution in [-0.4, -0.2) is 49.4 Å². The van der Waals surface area contributed by atoms with Gasteiger partial charge in [-0.25, -0.2) is 4.98 Å². The number of thiazole rings is 1. The molecule has 2 N–H and O–H groups in total. The van der Waals surface area contributed by atoms with E-state index >= 15 is 0 Å². The number of fused-ring (bicyclic) bond motifs is 2. The summed E-state index contributed by atoms with van der Waals surface area (Å²) in [5.74, 6) is 0.545. The highest BCUT2D eigenvalue weighted by molar-refractivity contribution is 7.99. The Kier molecular flexibility index (Phi) is 6.06. The molecule has 1 amide bonds. The monoisotopic (exact) mass is 495 g/mol. The van der Waals surface area contributed by atoms with E-state index < -0.39 is 0 Å². The molecule has 2 aliphatic rings. The molecule has 3 heterocycles. The molecular formula is C23H25N7O2S2. The van der Waals surface area contributed by atoms with Gasteiger partial charge in [0.15, 0.2) is 10.8 Å². The van der Waals surface area contributed by atoms with Crippen molar-refractivity contribution in [3.63, 3.8) is 0 Å². The summed E-state index contributed by atoms with van der Waals surface area (Å²) >= 11 is 2.95. The minimum atomic E-state index is -0.0622. The lowest BCUT2D eigenvalue weighted by molar-refractivity contribution is -0.115. The fourth-order valence-electron chi connectivity index (χ4n) is 4.05. The van der Waals surface area contributed by atoms with Crippen LogP contribution in [0.25, 0.3) is 15.9 Å². The number of amides is 1. The molecule has 0 aliphatic heterocycles. The molecule has 4 aromatic rings. The molecule has 0 spiro atoms. The molecular weight excluding hydrogens is 470 g/mol. The van der Waals surface area contributed by atoms with Crippen LogP contribution < -0.4 is 15.4 Å². The van der Waals surface area contributed by atoms with Gasteiger partial charge in [-0.05, 0) is 74.6 Å². The van der Waals surface area contributed by atoms with Gasteiger partial charge in [0.1, 0.15) is 6.10 Å². The van der Waals surface area contributed by atoms with Gasteiger partial charge in [0.2, 0.25) is 16.9 Å². The Hall–Kier alpha value is -2.76. The first-order valence-corrected chi connectivity index (χ1v) is 13.3. The van der Waals surface area contributed by atoms with Crippen LogP contribution in [0.4, 0.5) is 5.13 Å². The first-order chi connectivity index (χ1) is 16.7. The molecule has 6 rings (SSSR count). The lowest BCUT2D eigenvalue weighted by atomic mass is 9.98. The first kappa shape index (κ1) is 21.8. The Morgan fingerprint density at radius 2 is 2.00 bits per heavy atom. The number of rotatable bonds is 8. The van der Waals surface area contributed by atoms with Gasteiger partial charge in [-0.3, -0.25) is 4.79 Å². The number of carbonyl (C=O) groups is 1. The second-order valence-electron chi connectivity index (χ2n) is 8.76. The predicted octanol–water partition coefficient (Wildman–Crippen LogP) is 4.29. The van der Waals surface area contributed by atoms with Crippen molar-refractivity contribution in [2.24, 2.45) is 0 Å². The van der Waals surface area contributed by atoms with Gasteiger partial charge in [-0.2, -0.15) is 4.52 Å². The van der Waals surface area contributed by atoms with Crippen LogP contribution in [-0.2, 0) is 4.79 Å². The Balaban J connectivity index is 1.16. The van der Waals surface area contributed by atoms with Crippen molar-refractivity contribution in [1.82, 2.24) is 30.1 Å². The van der Waals surface area contributed by atoms with Gasteiger partial charge in [-0.1, -0.05) is 17.8 Å². The van der Waals surface area contributed by atoms with E-state index in [1.165, 1.54) is 42.4 Å². The van der Waals surface area contributed by atoms with Crippen LogP contribution >= 0.6 is 23.1 Å². The zero-order valence-corrected chi connectivity index (χ0v) is 20.2. The maximum Gasteiger partial charge on any atom is 0.240 e. The van der Waals surface area contributed by atoms with E-state index in [9.17, 15) is 4.79 Å². The average molecular weight is 496 g/mol. The Labute approximate surface area is 204 Å². The van der Waals surface area contributed by atoms with Gasteiger partial charge in [0.25, 0.3) is 0 Å². The summed E-state index contributed by atoms with van der Waals surface area (Å²) in [6, 6.07) is 10.3. The van der Waals surface area contributed by atoms with Gasteiger partial charge in [0.05, 0.1) is 16.8 Å². The number of ether oxygens (including phenoxy) is 1. The summed E-state index contributed by atoms with van der Waals surface area (Å²) < 4.78 is 8.85. The van der Waals surface area contributed by atoms with Crippen molar-refractivity contribution in [3.8, 4) is 5.88 Å². The first-order valence-electron chi connectivity index (χ1n) is 11.7. The van der Waals surface area contributed by atoms with E-state index in [1.54, 1.807) is 4.52 Å². The van der Waals surface area contributed by atoms with Crippen molar-refractivity contribution in [2.75, 3.05) is 11.9 Å². The summed E-state index contributed by atoms with van der Waals surface area (Å²) in [5.41, 5.74) is 1.54. The number of aromatic nitrogens is 5. The minimum absolute atomic E-state index is 0.0622. The molecule has 1 aromatic carbocycles. The summed E-state index contributed by atoms with van der Waals surface area (Å²) in [6.45, 7) is 0.321. The Morgan fingerprint density at radius 3 is 2.85 bits per heavy atom. The quantitative estimate of drug-likeness (QED) is 0.373. The molecule has 2 saturated carbocycles. The summed E-state index contributed by atoms with van der Waals surface area (Å²) in [4.78, 5) is 17.7. The molecule has 34 heavy (non-hydrogen) atoms. The number of nitrogens with zero attached hydrogens (tertiary/aromatic N) is 5. The third kappa shape index (κ3) is 5.01. The van der Waals surface area contributed by atoms with E-state index in [1.807, 2.05) is 24.3 Å². The van der Waals surface area contributed by atoms with E-state index in [2.05, 4.69) is 37.0 Å². The van der Waals surface area contributed by atoms with Crippen LogP contribution in [0.5, 0.6) is 5.88 Å². The van der Waals surface area contributed by atoms with Crippen LogP contribution in [0.1, 0.15) is 44.9 Å². The van der Waals surface area contributed by atoms with Crippen molar-refractivity contribution in [2.45, 2.75) is 67.1 Å². The molecule has 11 heteroatoms. The number of nitrogens with one attached hydrogen (secondary N) is 2. The third-order valence-corrected chi connectivity index (χ3v) is 7.85. The number of anilines is 1. The van der Waals surface area contributed by atoms with E-state index in [-0.39, 0.29) is 12.0 Å². The van der Waals surface area contributed by atoms with Crippen molar-refractivity contribution >= 4 is 50.0 Å². The minimum Gasteiger partial charge on any atom is -0.473 e. The molecule has 0 atom stereocenters. The average Bonchev–Trinajstić information content (AvgIpc) is 3.48. The Bertz CT molecular complexity index is 1330. The fourth-order valence-corrected chi connectivity index (χ4v) is 5.87. The topological polar surface area (TPSA) is 106 Å². The number of hydrogen-bond acceptors (Lipinski definition) is 9. The number of hydrogen-bond donors (Lipinski definition) is 2. The largest absolute Gasteiger partial charge is 0.473 e. The SMILES string of the molecule is O=C(CNC1CC1)Nc1nc2ccc(Sc3nnc4ccc(OC5CCCCC5)nn34)cc2s1. The summed E-state index contributed by atoms with van der Waals surface area (Å²) in [7, 11) is 0. The molecule has 0 unspecified atom stereocenters. The fraction of sp³-hybridized carbons (Fsp3) is 0.435.